The third-order valence-electron chi connectivity index (χ3n) is 3.39. The molecule has 0 saturated carbocycles. The molecule has 0 radical (unpaired) electrons. The molecule has 0 spiro atoms. The molecule has 1 aromatic rings. The van der Waals surface area contributed by atoms with Crippen LogP contribution in [0.3, 0.4) is 0 Å². The van der Waals surface area contributed by atoms with E-state index in [0.717, 1.165) is 18.5 Å². The van der Waals surface area contributed by atoms with E-state index in [1.807, 2.05) is 38.9 Å². The predicted octanol–water partition coefficient (Wildman–Crippen LogP) is 2.75. The molecular weight excluding hydrogens is 288 g/mol. The maximum atomic E-state index is 10.5. The van der Waals surface area contributed by atoms with Crippen molar-refractivity contribution >= 4 is 11.6 Å². The molecule has 5 heteroatoms. The van der Waals surface area contributed by atoms with Crippen LogP contribution in [0.4, 0.5) is 0 Å². The highest BCUT2D eigenvalue weighted by atomic mass is 35.5. The number of hydrogen-bond acceptors (Lipinski definition) is 4. The summed E-state index contributed by atoms with van der Waals surface area (Å²) in [5.74, 6) is 0.673. The summed E-state index contributed by atoms with van der Waals surface area (Å²) in [6, 6.07) is 3.28. The minimum Gasteiger partial charge on any atom is -0.493 e. The monoisotopic (exact) mass is 314 g/mol. The van der Waals surface area contributed by atoms with E-state index in [1.54, 1.807) is 6.07 Å². The van der Waals surface area contributed by atoms with E-state index in [1.165, 1.54) is 0 Å². The summed E-state index contributed by atoms with van der Waals surface area (Å²) in [6.07, 6.45) is 0.825. The molecule has 1 aromatic carbocycles. The Bertz CT molecular complexity index is 452. The fourth-order valence-corrected chi connectivity index (χ4v) is 2.21. The molecular formula is C16H27ClN2O2. The van der Waals surface area contributed by atoms with E-state index in [2.05, 4.69) is 0 Å². The van der Waals surface area contributed by atoms with Crippen molar-refractivity contribution in [2.75, 3.05) is 27.2 Å². The number of aliphatic hydroxyl groups is 1. The van der Waals surface area contributed by atoms with Crippen LogP contribution in [-0.4, -0.2) is 43.3 Å². The summed E-state index contributed by atoms with van der Waals surface area (Å²) >= 11 is 6.18. The van der Waals surface area contributed by atoms with E-state index in [9.17, 15) is 5.11 Å². The molecule has 21 heavy (non-hydrogen) atoms. The van der Waals surface area contributed by atoms with Crippen LogP contribution >= 0.6 is 11.6 Å². The second-order valence-corrected chi connectivity index (χ2v) is 6.10. The van der Waals surface area contributed by atoms with Crippen LogP contribution in [0.5, 0.6) is 5.75 Å². The Labute approximate surface area is 132 Å². The van der Waals surface area contributed by atoms with Crippen LogP contribution in [0.15, 0.2) is 12.1 Å². The van der Waals surface area contributed by atoms with Gasteiger partial charge in [-0.2, -0.15) is 0 Å². The average molecular weight is 315 g/mol. The number of ether oxygens (including phenoxy) is 1. The van der Waals surface area contributed by atoms with Gasteiger partial charge in [0.2, 0.25) is 0 Å². The van der Waals surface area contributed by atoms with Gasteiger partial charge in [0.15, 0.2) is 0 Å². The molecule has 3 N–H and O–H groups in total. The van der Waals surface area contributed by atoms with Crippen LogP contribution in [0, 0.1) is 6.92 Å². The summed E-state index contributed by atoms with van der Waals surface area (Å²) in [6.45, 7) is 5.39. The topological polar surface area (TPSA) is 58.7 Å². The van der Waals surface area contributed by atoms with Gasteiger partial charge >= 0.3 is 0 Å². The third-order valence-corrected chi connectivity index (χ3v) is 3.79. The molecule has 0 aromatic heterocycles. The third kappa shape index (κ3) is 5.47. The fourth-order valence-electron chi connectivity index (χ4n) is 2.03. The highest BCUT2D eigenvalue weighted by Crippen LogP contribution is 2.33. The largest absolute Gasteiger partial charge is 0.493 e. The van der Waals surface area contributed by atoms with Crippen molar-refractivity contribution in [3.63, 3.8) is 0 Å². The Morgan fingerprint density at radius 3 is 2.62 bits per heavy atom. The molecule has 0 aliphatic heterocycles. The van der Waals surface area contributed by atoms with Gasteiger partial charge in [0.05, 0.1) is 12.7 Å². The molecule has 0 bridgehead atoms. The average Bonchev–Trinajstić information content (AvgIpc) is 2.44. The zero-order valence-corrected chi connectivity index (χ0v) is 14.2. The van der Waals surface area contributed by atoms with Crippen molar-refractivity contribution in [2.24, 2.45) is 5.73 Å². The lowest BCUT2D eigenvalue weighted by Gasteiger charge is -2.23. The van der Waals surface area contributed by atoms with E-state index < -0.39 is 6.10 Å². The minimum absolute atomic E-state index is 0.352. The van der Waals surface area contributed by atoms with Gasteiger partial charge in [0.25, 0.3) is 0 Å². The zero-order valence-electron chi connectivity index (χ0n) is 13.4. The summed E-state index contributed by atoms with van der Waals surface area (Å²) in [4.78, 5) is 2.04. The van der Waals surface area contributed by atoms with Gasteiger partial charge in [-0.1, -0.05) is 18.5 Å². The number of rotatable bonds is 8. The Hall–Kier alpha value is -0.810. The molecule has 0 aliphatic carbocycles. The maximum absolute atomic E-state index is 10.5. The molecule has 0 saturated heterocycles. The molecule has 2 atom stereocenters. The molecule has 4 nitrogen and oxygen atoms in total. The van der Waals surface area contributed by atoms with E-state index in [4.69, 9.17) is 22.1 Å². The number of nitrogens with two attached hydrogens (primary N) is 1. The number of aryl methyl sites for hydroxylation is 1. The second-order valence-electron chi connectivity index (χ2n) is 5.69. The first kappa shape index (κ1) is 18.2. The number of halogens is 1. The first-order chi connectivity index (χ1) is 9.86. The first-order valence-corrected chi connectivity index (χ1v) is 7.75. The van der Waals surface area contributed by atoms with Crippen LogP contribution in [0.1, 0.15) is 37.0 Å². The minimum atomic E-state index is -0.782. The highest BCUT2D eigenvalue weighted by Gasteiger charge is 2.22. The summed E-state index contributed by atoms with van der Waals surface area (Å²) in [5, 5.41) is 11.1. The van der Waals surface area contributed by atoms with Gasteiger partial charge in [0, 0.05) is 16.6 Å². The highest BCUT2D eigenvalue weighted by molar-refractivity contribution is 6.31. The number of hydrogen-bond donors (Lipinski definition) is 2. The van der Waals surface area contributed by atoms with Crippen molar-refractivity contribution < 1.29 is 9.84 Å². The predicted molar refractivity (Wildman–Crippen MR) is 88.1 cm³/mol. The van der Waals surface area contributed by atoms with E-state index in [-0.39, 0.29) is 6.04 Å². The van der Waals surface area contributed by atoms with Gasteiger partial charge in [-0.15, -0.1) is 0 Å². The Balaban J connectivity index is 2.94. The molecule has 0 heterocycles. The van der Waals surface area contributed by atoms with Gasteiger partial charge < -0.3 is 20.5 Å². The van der Waals surface area contributed by atoms with Gasteiger partial charge in [-0.25, -0.2) is 0 Å². The van der Waals surface area contributed by atoms with Crippen LogP contribution in [-0.2, 0) is 0 Å². The number of nitrogens with zero attached hydrogens (tertiary/aromatic N) is 1. The quantitative estimate of drug-likeness (QED) is 0.774. The fraction of sp³-hybridized carbons (Fsp3) is 0.625. The van der Waals surface area contributed by atoms with Crippen molar-refractivity contribution in [3.05, 3.63) is 28.3 Å². The van der Waals surface area contributed by atoms with Gasteiger partial charge in [-0.05, 0) is 58.1 Å². The van der Waals surface area contributed by atoms with Gasteiger partial charge in [-0.3, -0.25) is 0 Å². The van der Waals surface area contributed by atoms with Crippen molar-refractivity contribution in [2.45, 2.75) is 38.8 Å². The maximum Gasteiger partial charge on any atom is 0.125 e. The van der Waals surface area contributed by atoms with Crippen LogP contribution in [0.2, 0.25) is 5.02 Å². The van der Waals surface area contributed by atoms with E-state index in [0.29, 0.717) is 29.4 Å². The number of aliphatic hydroxyl groups excluding tert-OH is 1. The lowest BCUT2D eigenvalue weighted by atomic mass is 9.98. The molecule has 0 aliphatic rings. The van der Waals surface area contributed by atoms with Gasteiger partial charge in [0.1, 0.15) is 5.75 Å². The van der Waals surface area contributed by atoms with Crippen molar-refractivity contribution in [1.82, 2.24) is 4.90 Å². The first-order valence-electron chi connectivity index (χ1n) is 7.38. The Morgan fingerprint density at radius 2 is 2.05 bits per heavy atom. The smallest absolute Gasteiger partial charge is 0.125 e. The summed E-state index contributed by atoms with van der Waals surface area (Å²) in [5.41, 5.74) is 7.71. The molecule has 0 fully saturated rings. The van der Waals surface area contributed by atoms with E-state index >= 15 is 0 Å². The molecule has 2 unspecified atom stereocenters. The van der Waals surface area contributed by atoms with Crippen molar-refractivity contribution in [3.8, 4) is 5.75 Å². The zero-order chi connectivity index (χ0) is 16.0. The lowest BCUT2D eigenvalue weighted by Crippen LogP contribution is -2.32. The Morgan fingerprint density at radius 1 is 1.38 bits per heavy atom. The number of benzene rings is 1. The molecule has 120 valence electrons. The lowest BCUT2D eigenvalue weighted by molar-refractivity contribution is 0.133. The Kier molecular flexibility index (Phi) is 7.46. The van der Waals surface area contributed by atoms with Crippen LogP contribution in [0.25, 0.3) is 0 Å². The SMILES string of the molecule is CCCOc1cc(C)c(Cl)cc1C(O)C(N)CCN(C)C. The molecule has 0 amide bonds. The van der Waals surface area contributed by atoms with Crippen LogP contribution < -0.4 is 10.5 Å². The standard InChI is InChI=1S/C16H27ClN2O2/c1-5-8-21-15-9-11(2)13(17)10-12(15)16(20)14(18)6-7-19(3)4/h9-10,14,16,20H,5-8,18H2,1-4H3. The molecule has 1 rings (SSSR count). The normalized spacial score (nSPS) is 14.3. The van der Waals surface area contributed by atoms with Crippen molar-refractivity contribution in [1.29, 1.82) is 0 Å². The summed E-state index contributed by atoms with van der Waals surface area (Å²) < 4.78 is 5.73. The second kappa shape index (κ2) is 8.59. The summed E-state index contributed by atoms with van der Waals surface area (Å²) in [7, 11) is 3.97.